The molecule has 1 saturated heterocycles. The Morgan fingerprint density at radius 1 is 1.28 bits per heavy atom. The first-order valence-electron chi connectivity index (χ1n) is 12.5. The fourth-order valence-corrected chi connectivity index (χ4v) is 8.09. The van der Waals surface area contributed by atoms with Crippen molar-refractivity contribution in [3.05, 3.63) is 58.9 Å². The van der Waals surface area contributed by atoms with Gasteiger partial charge in [0.2, 0.25) is 11.7 Å². The van der Waals surface area contributed by atoms with E-state index >= 15 is 0 Å². The van der Waals surface area contributed by atoms with E-state index in [9.17, 15) is 9.59 Å². The van der Waals surface area contributed by atoms with Gasteiger partial charge in [-0.15, -0.1) is 11.3 Å². The Bertz CT molecular complexity index is 1380. The third-order valence-electron chi connectivity index (χ3n) is 8.32. The number of rotatable bonds is 6. The molecule has 1 amide bonds. The number of aromatic nitrogens is 3. The summed E-state index contributed by atoms with van der Waals surface area (Å²) in [5.74, 6) is 0.0477. The summed E-state index contributed by atoms with van der Waals surface area (Å²) in [5, 5.41) is 0.0894. The van der Waals surface area contributed by atoms with Gasteiger partial charge in [-0.2, -0.15) is 0 Å². The molecule has 0 aliphatic carbocycles. The van der Waals surface area contributed by atoms with Crippen molar-refractivity contribution in [1.29, 1.82) is 0 Å². The van der Waals surface area contributed by atoms with E-state index in [2.05, 4.69) is 57.7 Å². The molecule has 0 aromatic carbocycles. The first kappa shape index (κ1) is 25.0. The van der Waals surface area contributed by atoms with E-state index in [1.54, 1.807) is 42.2 Å². The van der Waals surface area contributed by atoms with Gasteiger partial charge in [0.1, 0.15) is 16.9 Å². The fourth-order valence-electron chi connectivity index (χ4n) is 5.40. The zero-order valence-corrected chi connectivity index (χ0v) is 24.0. The maximum atomic E-state index is 13.3. The van der Waals surface area contributed by atoms with Crippen molar-refractivity contribution in [2.45, 2.75) is 71.8 Å². The molecule has 4 atom stereocenters. The lowest BCUT2D eigenvalue weighted by molar-refractivity contribution is -0.158. The number of fused-ring (bicyclic) bond motifs is 2. The standard InChI is InChI=1S/C27H34N4O3SSi/c1-15-20(16(2)31-23(15)21(25(31)33)17(3)34-36(7,8)27(4,5)6)19-13-30-14-29-22(26(30)35-19)24(32)18-10-9-11-28-12-18/h9-15,17,21,23H,1-8H3/t15-,17-,21+,23+/m0/s1. The Labute approximate surface area is 217 Å². The largest absolute Gasteiger partial charge is 0.413 e. The topological polar surface area (TPSA) is 76.8 Å². The number of pyridine rings is 1. The number of hydrogen-bond acceptors (Lipinski definition) is 6. The van der Waals surface area contributed by atoms with Crippen LogP contribution in [0.25, 0.3) is 10.4 Å². The van der Waals surface area contributed by atoms with Crippen LogP contribution in [-0.4, -0.2) is 51.4 Å². The Kier molecular flexibility index (Phi) is 5.89. The third-order valence-corrected chi connectivity index (χ3v) is 14.0. The first-order valence-corrected chi connectivity index (χ1v) is 16.2. The van der Waals surface area contributed by atoms with Gasteiger partial charge in [-0.05, 0) is 49.7 Å². The highest BCUT2D eigenvalue weighted by Gasteiger charge is 2.59. The van der Waals surface area contributed by atoms with Gasteiger partial charge in [-0.25, -0.2) is 4.98 Å². The number of carbonyl (C=O) groups is 2. The van der Waals surface area contributed by atoms with E-state index in [4.69, 9.17) is 4.43 Å². The number of thiazole rings is 1. The summed E-state index contributed by atoms with van der Waals surface area (Å²) in [6.45, 7) is 17.5. The average molecular weight is 523 g/mol. The van der Waals surface area contributed by atoms with Crippen molar-refractivity contribution >= 4 is 41.7 Å². The van der Waals surface area contributed by atoms with Crippen molar-refractivity contribution in [2.75, 3.05) is 0 Å². The van der Waals surface area contributed by atoms with Crippen LogP contribution >= 0.6 is 11.3 Å². The molecule has 36 heavy (non-hydrogen) atoms. The minimum atomic E-state index is -1.99. The first-order chi connectivity index (χ1) is 16.8. The summed E-state index contributed by atoms with van der Waals surface area (Å²) in [6.07, 6.45) is 6.81. The van der Waals surface area contributed by atoms with Gasteiger partial charge in [-0.1, -0.05) is 27.7 Å². The van der Waals surface area contributed by atoms with Crippen LogP contribution in [0.4, 0.5) is 0 Å². The van der Waals surface area contributed by atoms with Gasteiger partial charge in [0.15, 0.2) is 8.32 Å². The lowest BCUT2D eigenvalue weighted by atomic mass is 9.77. The summed E-state index contributed by atoms with van der Waals surface area (Å²) in [4.78, 5) is 38.7. The third kappa shape index (κ3) is 3.71. The van der Waals surface area contributed by atoms with Crippen molar-refractivity contribution in [3.63, 3.8) is 0 Å². The molecule has 2 aliphatic rings. The van der Waals surface area contributed by atoms with Gasteiger partial charge >= 0.3 is 0 Å². The Morgan fingerprint density at radius 3 is 2.64 bits per heavy atom. The second kappa shape index (κ2) is 8.46. The molecule has 9 heteroatoms. The number of imidazole rings is 1. The molecule has 2 aliphatic heterocycles. The monoisotopic (exact) mass is 522 g/mol. The molecule has 0 radical (unpaired) electrons. The number of carbonyl (C=O) groups excluding carboxylic acids is 2. The average Bonchev–Trinajstić information content (AvgIpc) is 3.42. The molecular formula is C27H34N4O3SSi. The fraction of sp³-hybridized carbons (Fsp3) is 0.481. The SMILES string of the molecule is CC1=C(c2cn3cnc(C(=O)c4cccnc4)c3s2)[C@H](C)[C@@H]2[C@@H]([C@H](C)O[Si](C)(C)C(C)(C)C)C(=O)N12. The Morgan fingerprint density at radius 2 is 2.00 bits per heavy atom. The maximum Gasteiger partial charge on any atom is 0.234 e. The van der Waals surface area contributed by atoms with Crippen LogP contribution in [0.5, 0.6) is 0 Å². The van der Waals surface area contributed by atoms with Crippen molar-refractivity contribution in [3.8, 4) is 0 Å². The van der Waals surface area contributed by atoms with Crippen LogP contribution in [0.3, 0.4) is 0 Å². The van der Waals surface area contributed by atoms with Crippen LogP contribution in [0.15, 0.2) is 42.7 Å². The number of ketones is 1. The van der Waals surface area contributed by atoms with E-state index in [1.165, 1.54) is 5.57 Å². The van der Waals surface area contributed by atoms with Gasteiger partial charge in [0.05, 0.1) is 22.9 Å². The predicted molar refractivity (Wildman–Crippen MR) is 144 cm³/mol. The molecule has 0 N–H and O–H groups in total. The van der Waals surface area contributed by atoms with Crippen molar-refractivity contribution in [2.24, 2.45) is 11.8 Å². The van der Waals surface area contributed by atoms with Crippen molar-refractivity contribution < 1.29 is 14.0 Å². The second-order valence-corrected chi connectivity index (χ2v) is 17.4. The van der Waals surface area contributed by atoms with Gasteiger partial charge < -0.3 is 9.33 Å². The van der Waals surface area contributed by atoms with E-state index < -0.39 is 8.32 Å². The number of β-lactam (4-membered cyclic amide) rings is 1. The van der Waals surface area contributed by atoms with Gasteiger partial charge in [0, 0.05) is 35.8 Å². The predicted octanol–water partition coefficient (Wildman–Crippen LogP) is 5.64. The van der Waals surface area contributed by atoms with Crippen LogP contribution in [-0.2, 0) is 9.22 Å². The lowest BCUT2D eigenvalue weighted by Crippen LogP contribution is -2.64. The lowest BCUT2D eigenvalue weighted by Gasteiger charge is -2.50. The molecule has 190 valence electrons. The van der Waals surface area contributed by atoms with Gasteiger partial charge in [-0.3, -0.25) is 19.0 Å². The normalized spacial score (nSPS) is 23.3. The highest BCUT2D eigenvalue weighted by atomic mass is 32.1. The molecular weight excluding hydrogens is 488 g/mol. The quantitative estimate of drug-likeness (QED) is 0.238. The summed E-state index contributed by atoms with van der Waals surface area (Å²) in [6, 6.07) is 3.61. The number of nitrogens with zero attached hydrogens (tertiary/aromatic N) is 4. The van der Waals surface area contributed by atoms with Crippen molar-refractivity contribution in [1.82, 2.24) is 19.3 Å². The highest BCUT2D eigenvalue weighted by Crippen LogP contribution is 2.52. The zero-order valence-electron chi connectivity index (χ0n) is 22.2. The molecule has 7 nitrogen and oxygen atoms in total. The molecule has 3 aromatic rings. The number of allylic oxidation sites excluding steroid dienone is 1. The van der Waals surface area contributed by atoms with E-state index in [-0.39, 0.29) is 40.7 Å². The molecule has 5 heterocycles. The minimum absolute atomic E-state index is 0.0894. The van der Waals surface area contributed by atoms with E-state index in [1.807, 2.05) is 22.4 Å². The smallest absolute Gasteiger partial charge is 0.234 e. The van der Waals surface area contributed by atoms with E-state index in [0.29, 0.717) is 11.3 Å². The van der Waals surface area contributed by atoms with Crippen LogP contribution < -0.4 is 0 Å². The molecule has 3 aromatic heterocycles. The zero-order chi connectivity index (χ0) is 26.2. The molecule has 0 unspecified atom stereocenters. The maximum absolute atomic E-state index is 13.3. The Balaban J connectivity index is 1.43. The summed E-state index contributed by atoms with van der Waals surface area (Å²) in [7, 11) is -1.99. The summed E-state index contributed by atoms with van der Waals surface area (Å²) < 4.78 is 8.56. The molecule has 0 bridgehead atoms. The van der Waals surface area contributed by atoms with Crippen LogP contribution in [0, 0.1) is 11.8 Å². The Hall–Kier alpha value is -2.62. The van der Waals surface area contributed by atoms with Gasteiger partial charge in [0.25, 0.3) is 0 Å². The molecule has 0 spiro atoms. The summed E-state index contributed by atoms with van der Waals surface area (Å²) in [5.41, 5.74) is 3.12. The molecule has 1 fully saturated rings. The minimum Gasteiger partial charge on any atom is -0.413 e. The number of amides is 1. The van der Waals surface area contributed by atoms with Crippen LogP contribution in [0.2, 0.25) is 18.1 Å². The van der Waals surface area contributed by atoms with E-state index in [0.717, 1.165) is 15.4 Å². The molecule has 0 saturated carbocycles. The summed E-state index contributed by atoms with van der Waals surface area (Å²) >= 11 is 1.55. The highest BCUT2D eigenvalue weighted by molar-refractivity contribution is 7.18. The molecule has 5 rings (SSSR count). The number of hydrogen-bond donors (Lipinski definition) is 0. The van der Waals surface area contributed by atoms with Crippen LogP contribution in [0.1, 0.15) is 62.5 Å². The second-order valence-electron chi connectivity index (χ2n) is 11.6.